The fraction of sp³-hybridized carbons (Fsp3) is 0.692. The molecular weight excluding hydrogens is 264 g/mol. The van der Waals surface area contributed by atoms with Gasteiger partial charge in [-0.05, 0) is 19.8 Å². The zero-order valence-electron chi connectivity index (χ0n) is 11.0. The molecule has 2 fully saturated rings. The van der Waals surface area contributed by atoms with E-state index in [1.54, 1.807) is 0 Å². The Morgan fingerprint density at radius 1 is 1.42 bits per heavy atom. The third-order valence-corrected chi connectivity index (χ3v) is 4.37. The zero-order valence-corrected chi connectivity index (χ0v) is 11.8. The van der Waals surface area contributed by atoms with Gasteiger partial charge in [0, 0.05) is 25.1 Å². The molecule has 2 aliphatic heterocycles. The molecular formula is C13H18N2O3S. The smallest absolute Gasteiger partial charge is 0.273 e. The SMILES string of the molecule is Cc1nc(C(=O)N2CCO[C@H]([C@@H]3CCCO3)C2)cs1. The number of ether oxygens (including phenoxy) is 2. The van der Waals surface area contributed by atoms with E-state index in [0.29, 0.717) is 25.4 Å². The maximum atomic E-state index is 12.3. The topological polar surface area (TPSA) is 51.7 Å². The lowest BCUT2D eigenvalue weighted by Crippen LogP contribution is -2.49. The molecule has 19 heavy (non-hydrogen) atoms. The summed E-state index contributed by atoms with van der Waals surface area (Å²) in [7, 11) is 0. The Morgan fingerprint density at radius 3 is 2.95 bits per heavy atom. The van der Waals surface area contributed by atoms with Gasteiger partial charge in [0.1, 0.15) is 11.8 Å². The maximum Gasteiger partial charge on any atom is 0.273 e. The summed E-state index contributed by atoms with van der Waals surface area (Å²) in [6.07, 6.45) is 2.28. The van der Waals surface area contributed by atoms with Gasteiger partial charge in [0.25, 0.3) is 5.91 Å². The Balaban J connectivity index is 1.65. The number of carbonyl (C=O) groups is 1. The molecule has 0 radical (unpaired) electrons. The van der Waals surface area contributed by atoms with Crippen molar-refractivity contribution in [3.63, 3.8) is 0 Å². The van der Waals surface area contributed by atoms with Crippen molar-refractivity contribution in [1.29, 1.82) is 0 Å². The molecule has 3 rings (SSSR count). The Kier molecular flexibility index (Phi) is 3.81. The molecule has 0 spiro atoms. The van der Waals surface area contributed by atoms with E-state index in [0.717, 1.165) is 24.5 Å². The van der Waals surface area contributed by atoms with Gasteiger partial charge in [-0.25, -0.2) is 4.98 Å². The minimum Gasteiger partial charge on any atom is -0.375 e. The number of morpholine rings is 1. The molecule has 0 bridgehead atoms. The molecule has 0 aliphatic carbocycles. The Bertz CT molecular complexity index is 456. The third kappa shape index (κ3) is 2.80. The fourth-order valence-electron chi connectivity index (χ4n) is 2.60. The van der Waals surface area contributed by atoms with Crippen LogP contribution in [0.3, 0.4) is 0 Å². The molecule has 0 unspecified atom stereocenters. The van der Waals surface area contributed by atoms with Gasteiger partial charge in [0.2, 0.25) is 0 Å². The van der Waals surface area contributed by atoms with Gasteiger partial charge in [0.15, 0.2) is 0 Å². The van der Waals surface area contributed by atoms with E-state index in [2.05, 4.69) is 4.98 Å². The van der Waals surface area contributed by atoms with Crippen LogP contribution in [0.15, 0.2) is 5.38 Å². The van der Waals surface area contributed by atoms with Crippen LogP contribution in [0.25, 0.3) is 0 Å². The first kappa shape index (κ1) is 13.0. The molecule has 5 nitrogen and oxygen atoms in total. The van der Waals surface area contributed by atoms with Gasteiger partial charge in [-0.3, -0.25) is 4.79 Å². The van der Waals surface area contributed by atoms with Gasteiger partial charge in [-0.1, -0.05) is 0 Å². The van der Waals surface area contributed by atoms with E-state index in [-0.39, 0.29) is 18.1 Å². The van der Waals surface area contributed by atoms with Gasteiger partial charge in [-0.15, -0.1) is 11.3 Å². The second kappa shape index (κ2) is 5.56. The van der Waals surface area contributed by atoms with Crippen LogP contribution < -0.4 is 0 Å². The van der Waals surface area contributed by atoms with Crippen LogP contribution in [0.2, 0.25) is 0 Å². The van der Waals surface area contributed by atoms with Crippen LogP contribution in [0.4, 0.5) is 0 Å². The molecule has 0 saturated carbocycles. The fourth-order valence-corrected chi connectivity index (χ4v) is 3.19. The van der Waals surface area contributed by atoms with E-state index >= 15 is 0 Å². The lowest BCUT2D eigenvalue weighted by molar-refractivity contribution is -0.0868. The minimum atomic E-state index is 0.00986. The van der Waals surface area contributed by atoms with Gasteiger partial charge in [-0.2, -0.15) is 0 Å². The number of aryl methyl sites for hydroxylation is 1. The second-order valence-corrected chi connectivity index (χ2v) is 6.03. The molecule has 3 heterocycles. The Labute approximate surface area is 116 Å². The number of aromatic nitrogens is 1. The second-order valence-electron chi connectivity index (χ2n) is 4.96. The monoisotopic (exact) mass is 282 g/mol. The molecule has 2 saturated heterocycles. The predicted octanol–water partition coefficient (Wildman–Crippen LogP) is 1.47. The van der Waals surface area contributed by atoms with Crippen molar-refractivity contribution in [2.24, 2.45) is 0 Å². The minimum absolute atomic E-state index is 0.00986. The van der Waals surface area contributed by atoms with Crippen molar-refractivity contribution >= 4 is 17.2 Å². The number of carbonyl (C=O) groups excluding carboxylic acids is 1. The molecule has 0 aromatic carbocycles. The average molecular weight is 282 g/mol. The molecule has 1 aromatic heterocycles. The summed E-state index contributed by atoms with van der Waals surface area (Å²) in [4.78, 5) is 18.4. The normalized spacial score (nSPS) is 27.7. The number of nitrogens with zero attached hydrogens (tertiary/aromatic N) is 2. The molecule has 104 valence electrons. The van der Waals surface area contributed by atoms with Crippen molar-refractivity contribution in [1.82, 2.24) is 9.88 Å². The number of rotatable bonds is 2. The van der Waals surface area contributed by atoms with Crippen molar-refractivity contribution in [3.8, 4) is 0 Å². The van der Waals surface area contributed by atoms with Crippen LogP contribution in [-0.4, -0.2) is 54.3 Å². The van der Waals surface area contributed by atoms with E-state index in [1.807, 2.05) is 17.2 Å². The summed E-state index contributed by atoms with van der Waals surface area (Å²) in [6, 6.07) is 0. The summed E-state index contributed by atoms with van der Waals surface area (Å²) in [5.41, 5.74) is 0.551. The third-order valence-electron chi connectivity index (χ3n) is 3.60. The first-order valence-corrected chi connectivity index (χ1v) is 7.56. The first-order valence-electron chi connectivity index (χ1n) is 6.68. The Morgan fingerprint density at radius 2 is 2.26 bits per heavy atom. The van der Waals surface area contributed by atoms with Gasteiger partial charge >= 0.3 is 0 Å². The number of hydrogen-bond donors (Lipinski definition) is 0. The molecule has 1 amide bonds. The van der Waals surface area contributed by atoms with Crippen molar-refractivity contribution in [2.45, 2.75) is 32.0 Å². The largest absolute Gasteiger partial charge is 0.375 e. The highest BCUT2D eigenvalue weighted by Gasteiger charge is 2.33. The lowest BCUT2D eigenvalue weighted by Gasteiger charge is -2.35. The van der Waals surface area contributed by atoms with Crippen molar-refractivity contribution in [2.75, 3.05) is 26.3 Å². The quantitative estimate of drug-likeness (QED) is 0.824. The molecule has 2 atom stereocenters. The van der Waals surface area contributed by atoms with E-state index in [1.165, 1.54) is 11.3 Å². The van der Waals surface area contributed by atoms with Crippen LogP contribution in [-0.2, 0) is 9.47 Å². The maximum absolute atomic E-state index is 12.3. The predicted molar refractivity (Wildman–Crippen MR) is 71.5 cm³/mol. The highest BCUT2D eigenvalue weighted by Crippen LogP contribution is 2.22. The lowest BCUT2D eigenvalue weighted by atomic mass is 10.1. The number of thiazole rings is 1. The Hall–Kier alpha value is -0.980. The van der Waals surface area contributed by atoms with E-state index in [4.69, 9.17) is 9.47 Å². The van der Waals surface area contributed by atoms with Crippen LogP contribution >= 0.6 is 11.3 Å². The van der Waals surface area contributed by atoms with Crippen molar-refractivity contribution in [3.05, 3.63) is 16.1 Å². The highest BCUT2D eigenvalue weighted by molar-refractivity contribution is 7.09. The van der Waals surface area contributed by atoms with Gasteiger partial charge in [0.05, 0.1) is 17.7 Å². The molecule has 2 aliphatic rings. The zero-order chi connectivity index (χ0) is 13.2. The first-order chi connectivity index (χ1) is 9.24. The standard InChI is InChI=1S/C13H18N2O3S/c1-9-14-10(8-19-9)13(16)15-4-6-18-12(7-15)11-3-2-5-17-11/h8,11-12H,2-7H2,1H3/t11-,12-/m0/s1. The van der Waals surface area contributed by atoms with Crippen LogP contribution in [0.5, 0.6) is 0 Å². The van der Waals surface area contributed by atoms with Crippen molar-refractivity contribution < 1.29 is 14.3 Å². The molecule has 0 N–H and O–H groups in total. The summed E-state index contributed by atoms with van der Waals surface area (Å²) < 4.78 is 11.4. The van der Waals surface area contributed by atoms with E-state index < -0.39 is 0 Å². The van der Waals surface area contributed by atoms with E-state index in [9.17, 15) is 4.79 Å². The van der Waals surface area contributed by atoms with Crippen LogP contribution in [0.1, 0.15) is 28.3 Å². The highest BCUT2D eigenvalue weighted by atomic mass is 32.1. The summed E-state index contributed by atoms with van der Waals surface area (Å²) in [5, 5.41) is 2.75. The van der Waals surface area contributed by atoms with Gasteiger partial charge < -0.3 is 14.4 Å². The number of amides is 1. The van der Waals surface area contributed by atoms with Crippen LogP contribution in [0, 0.1) is 6.92 Å². The molecule has 6 heteroatoms. The summed E-state index contributed by atoms with van der Waals surface area (Å²) in [6.45, 7) is 4.55. The molecule has 1 aromatic rings. The summed E-state index contributed by atoms with van der Waals surface area (Å²) in [5.74, 6) is 0.00986. The number of hydrogen-bond acceptors (Lipinski definition) is 5. The summed E-state index contributed by atoms with van der Waals surface area (Å²) >= 11 is 1.51. The average Bonchev–Trinajstić information content (AvgIpc) is 3.09.